The van der Waals surface area contributed by atoms with Gasteiger partial charge in [-0.05, 0) is 56.2 Å². The highest BCUT2D eigenvalue weighted by atomic mass is 35.5. The van der Waals surface area contributed by atoms with Gasteiger partial charge >= 0.3 is 0 Å². The number of unbranched alkanes of at least 4 members (excludes halogenated alkanes) is 4. The van der Waals surface area contributed by atoms with Gasteiger partial charge in [-0.2, -0.15) is 0 Å². The summed E-state index contributed by atoms with van der Waals surface area (Å²) in [4.78, 5) is 18.4. The standard InChI is InChI=1S/C25H27ClN2O2S/c1-3-4-5-6-7-10-17(2)30-22-14-13-19(26)15-18(22)16-23-24(29)28-21-12-9-8-11-20(21)27-25(28)31-23/h8-9,11-17H,3-7,10H2,1-2H3/b23-16-/t17-/m1/s1. The van der Waals surface area contributed by atoms with Crippen LogP contribution in [0.4, 0.5) is 0 Å². The van der Waals surface area contributed by atoms with Crippen molar-refractivity contribution in [3.05, 3.63) is 67.9 Å². The van der Waals surface area contributed by atoms with Crippen molar-refractivity contribution in [1.29, 1.82) is 0 Å². The summed E-state index contributed by atoms with van der Waals surface area (Å²) in [5.74, 6) is 0.751. The van der Waals surface area contributed by atoms with Gasteiger partial charge in [0.2, 0.25) is 0 Å². The molecule has 0 bridgehead atoms. The highest BCUT2D eigenvalue weighted by Gasteiger charge is 2.13. The quantitative estimate of drug-likeness (QED) is 0.281. The molecule has 162 valence electrons. The van der Waals surface area contributed by atoms with Crippen LogP contribution in [-0.4, -0.2) is 15.5 Å². The van der Waals surface area contributed by atoms with Crippen molar-refractivity contribution in [3.8, 4) is 5.75 Å². The maximum absolute atomic E-state index is 13.1. The fourth-order valence-electron chi connectivity index (χ4n) is 3.80. The fourth-order valence-corrected chi connectivity index (χ4v) is 4.96. The van der Waals surface area contributed by atoms with Crippen LogP contribution in [0.2, 0.25) is 5.02 Å². The van der Waals surface area contributed by atoms with Crippen LogP contribution in [0.3, 0.4) is 0 Å². The molecular weight excluding hydrogens is 428 g/mol. The van der Waals surface area contributed by atoms with Crippen molar-refractivity contribution in [2.45, 2.75) is 58.5 Å². The predicted octanol–water partition coefficient (Wildman–Crippen LogP) is 6.24. The molecule has 0 aliphatic rings. The van der Waals surface area contributed by atoms with Gasteiger partial charge in [-0.15, -0.1) is 0 Å². The second-order valence-electron chi connectivity index (χ2n) is 7.95. The van der Waals surface area contributed by atoms with E-state index >= 15 is 0 Å². The molecule has 0 saturated carbocycles. The van der Waals surface area contributed by atoms with Crippen LogP contribution in [0, 0.1) is 0 Å². The third kappa shape index (κ3) is 4.94. The van der Waals surface area contributed by atoms with E-state index in [9.17, 15) is 4.79 Å². The van der Waals surface area contributed by atoms with Crippen LogP contribution in [0.1, 0.15) is 57.9 Å². The molecule has 6 heteroatoms. The lowest BCUT2D eigenvalue weighted by molar-refractivity contribution is 0.206. The smallest absolute Gasteiger partial charge is 0.274 e. The Balaban J connectivity index is 1.61. The number of halogens is 1. The topological polar surface area (TPSA) is 43.6 Å². The molecule has 0 saturated heterocycles. The van der Waals surface area contributed by atoms with Crippen LogP contribution in [0.5, 0.6) is 5.75 Å². The Morgan fingerprint density at radius 2 is 1.97 bits per heavy atom. The Kier molecular flexibility index (Phi) is 6.93. The number of imidazole rings is 1. The van der Waals surface area contributed by atoms with Gasteiger partial charge in [0.25, 0.3) is 5.56 Å². The number of para-hydroxylation sites is 2. The molecule has 0 unspecified atom stereocenters. The molecule has 0 aliphatic heterocycles. The fraction of sp³-hybridized carbons (Fsp3) is 0.360. The van der Waals surface area contributed by atoms with Crippen LogP contribution < -0.4 is 14.8 Å². The Morgan fingerprint density at radius 3 is 2.81 bits per heavy atom. The number of rotatable bonds is 9. The van der Waals surface area contributed by atoms with Crippen molar-refractivity contribution in [1.82, 2.24) is 9.38 Å². The summed E-state index contributed by atoms with van der Waals surface area (Å²) in [5, 5.41) is 0.616. The summed E-state index contributed by atoms with van der Waals surface area (Å²) >= 11 is 7.64. The second kappa shape index (κ2) is 9.84. The summed E-state index contributed by atoms with van der Waals surface area (Å²) in [6, 6.07) is 13.3. The lowest BCUT2D eigenvalue weighted by atomic mass is 10.1. The zero-order valence-corrected chi connectivity index (χ0v) is 19.5. The van der Waals surface area contributed by atoms with E-state index in [0.717, 1.165) is 35.2 Å². The highest BCUT2D eigenvalue weighted by Crippen LogP contribution is 2.26. The molecule has 2 aromatic heterocycles. The lowest BCUT2D eigenvalue weighted by Gasteiger charge is -2.16. The molecule has 0 spiro atoms. The molecular formula is C25H27ClN2O2S. The summed E-state index contributed by atoms with van der Waals surface area (Å²) in [6.07, 6.45) is 9.21. The van der Waals surface area contributed by atoms with Gasteiger partial charge in [-0.25, -0.2) is 9.38 Å². The minimum absolute atomic E-state index is 0.0661. The van der Waals surface area contributed by atoms with Crippen molar-refractivity contribution in [2.75, 3.05) is 0 Å². The number of benzene rings is 2. The van der Waals surface area contributed by atoms with Crippen molar-refractivity contribution < 1.29 is 4.74 Å². The molecule has 4 nitrogen and oxygen atoms in total. The van der Waals surface area contributed by atoms with Gasteiger partial charge in [0.1, 0.15) is 5.75 Å². The minimum atomic E-state index is -0.0661. The van der Waals surface area contributed by atoms with Crippen molar-refractivity contribution in [2.24, 2.45) is 0 Å². The minimum Gasteiger partial charge on any atom is -0.490 e. The molecule has 2 heterocycles. The van der Waals surface area contributed by atoms with Gasteiger partial charge in [-0.3, -0.25) is 4.79 Å². The molecule has 0 radical (unpaired) electrons. The normalized spacial score (nSPS) is 13.3. The Morgan fingerprint density at radius 1 is 1.16 bits per heavy atom. The monoisotopic (exact) mass is 454 g/mol. The van der Waals surface area contributed by atoms with Gasteiger partial charge in [0.15, 0.2) is 4.96 Å². The summed E-state index contributed by atoms with van der Waals surface area (Å²) in [7, 11) is 0. The number of fused-ring (bicyclic) bond motifs is 3. The van der Waals surface area contributed by atoms with Gasteiger partial charge in [-0.1, -0.05) is 67.7 Å². The van der Waals surface area contributed by atoms with Crippen LogP contribution >= 0.6 is 22.9 Å². The Bertz CT molecular complexity index is 1290. The first kappa shape index (κ1) is 21.8. The molecule has 0 amide bonds. The average molecular weight is 455 g/mol. The first-order chi connectivity index (χ1) is 15.1. The van der Waals surface area contributed by atoms with Crippen LogP contribution in [-0.2, 0) is 0 Å². The number of ether oxygens (including phenoxy) is 1. The van der Waals surface area contributed by atoms with Gasteiger partial charge in [0.05, 0.1) is 21.7 Å². The molecule has 0 N–H and O–H groups in total. The Hall–Kier alpha value is -2.37. The molecule has 4 aromatic rings. The maximum Gasteiger partial charge on any atom is 0.274 e. The molecule has 2 aromatic carbocycles. The first-order valence-corrected chi connectivity index (χ1v) is 12.1. The van der Waals surface area contributed by atoms with E-state index < -0.39 is 0 Å². The number of hydrogen-bond acceptors (Lipinski definition) is 4. The third-order valence-corrected chi connectivity index (χ3v) is 6.65. The molecule has 4 rings (SSSR count). The zero-order chi connectivity index (χ0) is 21.8. The lowest BCUT2D eigenvalue weighted by Crippen LogP contribution is -2.23. The van der Waals surface area contributed by atoms with E-state index in [-0.39, 0.29) is 11.7 Å². The van der Waals surface area contributed by atoms with Crippen molar-refractivity contribution in [3.63, 3.8) is 0 Å². The highest BCUT2D eigenvalue weighted by molar-refractivity contribution is 7.15. The SMILES string of the molecule is CCCCCCC[C@@H](C)Oc1ccc(Cl)cc1/C=c1\sc2nc3ccccc3n2c1=O. The number of thiazole rings is 1. The first-order valence-electron chi connectivity index (χ1n) is 10.9. The van der Waals surface area contributed by atoms with E-state index in [1.807, 2.05) is 48.5 Å². The summed E-state index contributed by atoms with van der Waals surface area (Å²) < 4.78 is 8.53. The second-order valence-corrected chi connectivity index (χ2v) is 9.39. The number of hydrogen-bond donors (Lipinski definition) is 0. The zero-order valence-electron chi connectivity index (χ0n) is 17.9. The van der Waals surface area contributed by atoms with Crippen LogP contribution in [0.15, 0.2) is 47.3 Å². The number of aromatic nitrogens is 2. The van der Waals surface area contributed by atoms with E-state index in [1.165, 1.54) is 37.0 Å². The summed E-state index contributed by atoms with van der Waals surface area (Å²) in [6.45, 7) is 4.33. The molecule has 1 atom stereocenters. The van der Waals surface area contributed by atoms with E-state index in [0.29, 0.717) is 14.5 Å². The predicted molar refractivity (Wildman–Crippen MR) is 131 cm³/mol. The summed E-state index contributed by atoms with van der Waals surface area (Å²) in [5.41, 5.74) is 2.41. The molecule has 0 fully saturated rings. The van der Waals surface area contributed by atoms with Crippen LogP contribution in [0.25, 0.3) is 22.1 Å². The third-order valence-electron chi connectivity index (χ3n) is 5.45. The van der Waals surface area contributed by atoms with E-state index in [2.05, 4.69) is 18.8 Å². The number of nitrogens with zero attached hydrogens (tertiary/aromatic N) is 2. The molecule has 0 aliphatic carbocycles. The Labute approximate surface area is 191 Å². The van der Waals surface area contributed by atoms with Gasteiger partial charge in [0, 0.05) is 10.6 Å². The largest absolute Gasteiger partial charge is 0.490 e. The molecule has 31 heavy (non-hydrogen) atoms. The maximum atomic E-state index is 13.1. The van der Waals surface area contributed by atoms with E-state index in [4.69, 9.17) is 16.3 Å². The average Bonchev–Trinajstić information content (AvgIpc) is 3.26. The van der Waals surface area contributed by atoms with Gasteiger partial charge < -0.3 is 4.74 Å². The van der Waals surface area contributed by atoms with Crippen molar-refractivity contribution >= 4 is 45.0 Å². The van der Waals surface area contributed by atoms with E-state index in [1.54, 1.807) is 4.40 Å².